The average Bonchev–Trinajstić information content (AvgIpc) is 2.45. The summed E-state index contributed by atoms with van der Waals surface area (Å²) in [6, 6.07) is 11.0. The first-order valence-corrected chi connectivity index (χ1v) is 6.45. The Labute approximate surface area is 123 Å². The molecule has 3 N–H and O–H groups in total. The van der Waals surface area contributed by atoms with Crippen LogP contribution in [0.4, 0.5) is 0 Å². The van der Waals surface area contributed by atoms with Gasteiger partial charge in [0.05, 0.1) is 12.7 Å². The molecule has 5 nitrogen and oxygen atoms in total. The van der Waals surface area contributed by atoms with Crippen LogP contribution in [0.2, 0.25) is 0 Å². The standard InChI is InChI=1S/C16H18N2O3/c1-10-6-11(2)8-13(7-10)21-15-9-12(20-3)4-5-14(15)16(17)18-19/h4-9,19H,1-3H3,(H2,17,18). The van der Waals surface area contributed by atoms with Crippen LogP contribution >= 0.6 is 0 Å². The predicted molar refractivity (Wildman–Crippen MR) is 81.5 cm³/mol. The van der Waals surface area contributed by atoms with Gasteiger partial charge in [0.2, 0.25) is 0 Å². The molecule has 0 saturated carbocycles. The van der Waals surface area contributed by atoms with Crippen LogP contribution in [0, 0.1) is 13.8 Å². The quantitative estimate of drug-likeness (QED) is 0.391. The van der Waals surface area contributed by atoms with E-state index in [1.807, 2.05) is 26.0 Å². The smallest absolute Gasteiger partial charge is 0.173 e. The van der Waals surface area contributed by atoms with E-state index in [0.29, 0.717) is 22.8 Å². The molecule has 0 aliphatic carbocycles. The van der Waals surface area contributed by atoms with E-state index in [2.05, 4.69) is 11.2 Å². The molecule has 0 aliphatic rings. The molecule has 0 unspecified atom stereocenters. The van der Waals surface area contributed by atoms with E-state index < -0.39 is 0 Å². The van der Waals surface area contributed by atoms with Crippen molar-refractivity contribution in [1.82, 2.24) is 0 Å². The predicted octanol–water partition coefficient (Wildman–Crippen LogP) is 3.20. The van der Waals surface area contributed by atoms with Crippen molar-refractivity contribution in [3.05, 3.63) is 53.1 Å². The van der Waals surface area contributed by atoms with Gasteiger partial charge in [-0.3, -0.25) is 0 Å². The van der Waals surface area contributed by atoms with Crippen molar-refractivity contribution in [2.24, 2.45) is 10.9 Å². The van der Waals surface area contributed by atoms with Crippen LogP contribution in [0.1, 0.15) is 16.7 Å². The third kappa shape index (κ3) is 3.45. The van der Waals surface area contributed by atoms with Gasteiger partial charge in [-0.15, -0.1) is 0 Å². The minimum Gasteiger partial charge on any atom is -0.497 e. The second kappa shape index (κ2) is 6.17. The van der Waals surface area contributed by atoms with Gasteiger partial charge in [-0.2, -0.15) is 0 Å². The van der Waals surface area contributed by atoms with Gasteiger partial charge < -0.3 is 20.4 Å². The molecular formula is C16H18N2O3. The Hall–Kier alpha value is -2.69. The van der Waals surface area contributed by atoms with E-state index in [1.54, 1.807) is 25.3 Å². The van der Waals surface area contributed by atoms with E-state index in [4.69, 9.17) is 20.4 Å². The van der Waals surface area contributed by atoms with Gasteiger partial charge >= 0.3 is 0 Å². The van der Waals surface area contributed by atoms with E-state index in [1.165, 1.54) is 0 Å². The highest BCUT2D eigenvalue weighted by atomic mass is 16.5. The van der Waals surface area contributed by atoms with Crippen LogP contribution in [-0.4, -0.2) is 18.2 Å². The van der Waals surface area contributed by atoms with Gasteiger partial charge in [0.1, 0.15) is 17.2 Å². The molecule has 0 atom stereocenters. The highest BCUT2D eigenvalue weighted by Gasteiger charge is 2.11. The summed E-state index contributed by atoms with van der Waals surface area (Å²) in [6.07, 6.45) is 0. The third-order valence-electron chi connectivity index (χ3n) is 3.00. The fraction of sp³-hybridized carbons (Fsp3) is 0.188. The van der Waals surface area contributed by atoms with Crippen molar-refractivity contribution < 1.29 is 14.7 Å². The Morgan fingerprint density at radius 3 is 2.29 bits per heavy atom. The molecular weight excluding hydrogens is 268 g/mol. The van der Waals surface area contributed by atoms with Gasteiger partial charge in [-0.1, -0.05) is 11.2 Å². The Bertz CT molecular complexity index is 661. The maximum absolute atomic E-state index is 8.87. The van der Waals surface area contributed by atoms with Crippen molar-refractivity contribution in [3.8, 4) is 17.2 Å². The fourth-order valence-electron chi connectivity index (χ4n) is 2.10. The Balaban J connectivity index is 2.45. The number of nitrogens with two attached hydrogens (primary N) is 1. The van der Waals surface area contributed by atoms with Crippen molar-refractivity contribution in [2.45, 2.75) is 13.8 Å². The summed E-state index contributed by atoms with van der Waals surface area (Å²) in [5.74, 6) is 1.77. The fourth-order valence-corrected chi connectivity index (χ4v) is 2.10. The molecule has 2 aromatic rings. The zero-order valence-electron chi connectivity index (χ0n) is 12.3. The van der Waals surface area contributed by atoms with Gasteiger partial charge in [0.25, 0.3) is 0 Å². The van der Waals surface area contributed by atoms with Gasteiger partial charge in [-0.25, -0.2) is 0 Å². The lowest BCUT2D eigenvalue weighted by Gasteiger charge is -2.13. The Morgan fingerprint density at radius 2 is 1.71 bits per heavy atom. The normalized spacial score (nSPS) is 11.3. The topological polar surface area (TPSA) is 77.1 Å². The lowest BCUT2D eigenvalue weighted by atomic mass is 10.1. The monoisotopic (exact) mass is 286 g/mol. The van der Waals surface area contributed by atoms with E-state index in [-0.39, 0.29) is 5.84 Å². The van der Waals surface area contributed by atoms with Gasteiger partial charge in [0, 0.05) is 6.07 Å². The van der Waals surface area contributed by atoms with E-state index in [9.17, 15) is 0 Å². The average molecular weight is 286 g/mol. The number of hydrogen-bond donors (Lipinski definition) is 2. The van der Waals surface area contributed by atoms with E-state index >= 15 is 0 Å². The van der Waals surface area contributed by atoms with Gasteiger partial charge in [0.15, 0.2) is 5.84 Å². The van der Waals surface area contributed by atoms with Crippen molar-refractivity contribution in [1.29, 1.82) is 0 Å². The van der Waals surface area contributed by atoms with Crippen LogP contribution in [-0.2, 0) is 0 Å². The summed E-state index contributed by atoms with van der Waals surface area (Å²) in [4.78, 5) is 0. The number of nitrogens with zero attached hydrogens (tertiary/aromatic N) is 1. The first-order valence-electron chi connectivity index (χ1n) is 6.45. The van der Waals surface area contributed by atoms with Crippen LogP contribution in [0.15, 0.2) is 41.6 Å². The number of ether oxygens (including phenoxy) is 2. The first-order chi connectivity index (χ1) is 10.0. The Morgan fingerprint density at radius 1 is 1.05 bits per heavy atom. The number of methoxy groups -OCH3 is 1. The molecule has 0 fully saturated rings. The summed E-state index contributed by atoms with van der Waals surface area (Å²) < 4.78 is 11.1. The summed E-state index contributed by atoms with van der Waals surface area (Å²) in [6.45, 7) is 3.99. The van der Waals surface area contributed by atoms with Crippen molar-refractivity contribution in [3.63, 3.8) is 0 Å². The molecule has 0 amide bonds. The van der Waals surface area contributed by atoms with Crippen LogP contribution < -0.4 is 15.2 Å². The number of aryl methyl sites for hydroxylation is 2. The number of benzene rings is 2. The first kappa shape index (κ1) is 14.7. The molecule has 2 aromatic carbocycles. The summed E-state index contributed by atoms with van der Waals surface area (Å²) in [7, 11) is 1.57. The summed E-state index contributed by atoms with van der Waals surface area (Å²) in [5, 5.41) is 11.9. The zero-order valence-corrected chi connectivity index (χ0v) is 12.3. The molecule has 0 bridgehead atoms. The molecule has 2 rings (SSSR count). The van der Waals surface area contributed by atoms with Crippen molar-refractivity contribution >= 4 is 5.84 Å². The number of amidine groups is 1. The lowest BCUT2D eigenvalue weighted by Crippen LogP contribution is -2.14. The Kier molecular flexibility index (Phi) is 4.33. The van der Waals surface area contributed by atoms with Crippen LogP contribution in [0.3, 0.4) is 0 Å². The number of hydrogen-bond acceptors (Lipinski definition) is 4. The largest absolute Gasteiger partial charge is 0.497 e. The minimum atomic E-state index is -0.0166. The molecule has 0 radical (unpaired) electrons. The van der Waals surface area contributed by atoms with Crippen LogP contribution in [0.5, 0.6) is 17.2 Å². The minimum absolute atomic E-state index is 0.0166. The molecule has 0 spiro atoms. The molecule has 21 heavy (non-hydrogen) atoms. The lowest BCUT2D eigenvalue weighted by molar-refractivity contribution is 0.318. The number of oxime groups is 1. The summed E-state index contributed by atoms with van der Waals surface area (Å²) >= 11 is 0. The zero-order chi connectivity index (χ0) is 15.4. The van der Waals surface area contributed by atoms with E-state index in [0.717, 1.165) is 11.1 Å². The van der Waals surface area contributed by atoms with Crippen molar-refractivity contribution in [2.75, 3.05) is 7.11 Å². The highest BCUT2D eigenvalue weighted by molar-refractivity contribution is 5.99. The number of rotatable bonds is 4. The molecule has 0 saturated heterocycles. The molecule has 0 aromatic heterocycles. The molecule has 0 heterocycles. The maximum atomic E-state index is 8.87. The highest BCUT2D eigenvalue weighted by Crippen LogP contribution is 2.30. The summed E-state index contributed by atoms with van der Waals surface area (Å²) in [5.41, 5.74) is 8.37. The molecule has 5 heteroatoms. The third-order valence-corrected chi connectivity index (χ3v) is 3.00. The second-order valence-electron chi connectivity index (χ2n) is 4.77. The SMILES string of the molecule is COc1ccc(/C(N)=N/O)c(Oc2cc(C)cc(C)c2)c1. The molecule has 110 valence electrons. The molecule has 0 aliphatic heterocycles. The van der Waals surface area contributed by atoms with Crippen LogP contribution in [0.25, 0.3) is 0 Å². The maximum Gasteiger partial charge on any atom is 0.173 e. The second-order valence-corrected chi connectivity index (χ2v) is 4.77. The van der Waals surface area contributed by atoms with Gasteiger partial charge in [-0.05, 0) is 49.2 Å².